The van der Waals surface area contributed by atoms with Gasteiger partial charge in [0.15, 0.2) is 5.03 Å². The summed E-state index contributed by atoms with van der Waals surface area (Å²) in [6.45, 7) is 2.10. The molecule has 8 nitrogen and oxygen atoms in total. The molecule has 10 heteroatoms. The van der Waals surface area contributed by atoms with Crippen molar-refractivity contribution in [3.05, 3.63) is 54.5 Å². The van der Waals surface area contributed by atoms with Crippen LogP contribution in [0.4, 0.5) is 0 Å². The predicted molar refractivity (Wildman–Crippen MR) is 109 cm³/mol. The maximum absolute atomic E-state index is 13.0. The Labute approximate surface area is 170 Å². The first-order valence-electron chi connectivity index (χ1n) is 9.19. The molecule has 1 fully saturated rings. The van der Waals surface area contributed by atoms with Gasteiger partial charge in [0.05, 0.1) is 4.90 Å². The smallest absolute Gasteiger partial charge is 0.262 e. The van der Waals surface area contributed by atoms with Crippen LogP contribution in [0.15, 0.2) is 58.6 Å². The molecule has 0 unspecified atom stereocenters. The summed E-state index contributed by atoms with van der Waals surface area (Å²) in [4.78, 5) is 4.32. The number of rotatable bonds is 4. The lowest BCUT2D eigenvalue weighted by atomic mass is 10.1. The molecule has 0 radical (unpaired) electrons. The van der Waals surface area contributed by atoms with Crippen molar-refractivity contribution in [3.63, 3.8) is 0 Å². The molecule has 29 heavy (non-hydrogen) atoms. The van der Waals surface area contributed by atoms with Crippen LogP contribution in [0, 0.1) is 6.92 Å². The molecule has 154 valence electrons. The number of sulfonamides is 2. The Balaban J connectivity index is 1.53. The fourth-order valence-electron chi connectivity index (χ4n) is 3.41. The standard InChI is InChI=1S/C19H22N4O4S2/c1-15-20-19(14-21(15)2)29(26,27)23-11-9-22(10-12-23)28(24,25)18-8-7-16-5-3-4-6-17(16)13-18/h3-8,13-14H,9-12H2,1-2H3. The monoisotopic (exact) mass is 434 g/mol. The highest BCUT2D eigenvalue weighted by Gasteiger charge is 2.35. The van der Waals surface area contributed by atoms with E-state index >= 15 is 0 Å². The maximum Gasteiger partial charge on any atom is 0.262 e. The highest BCUT2D eigenvalue weighted by Crippen LogP contribution is 2.24. The number of hydrogen-bond donors (Lipinski definition) is 0. The molecule has 0 spiro atoms. The van der Waals surface area contributed by atoms with Gasteiger partial charge in [0, 0.05) is 39.4 Å². The Morgan fingerprint density at radius 3 is 2.00 bits per heavy atom. The van der Waals surface area contributed by atoms with E-state index in [1.54, 1.807) is 36.7 Å². The van der Waals surface area contributed by atoms with Crippen molar-refractivity contribution in [1.29, 1.82) is 0 Å². The van der Waals surface area contributed by atoms with Crippen molar-refractivity contribution < 1.29 is 16.8 Å². The van der Waals surface area contributed by atoms with Crippen molar-refractivity contribution in [1.82, 2.24) is 18.2 Å². The average Bonchev–Trinajstić information content (AvgIpc) is 3.07. The van der Waals surface area contributed by atoms with Crippen molar-refractivity contribution in [2.75, 3.05) is 26.2 Å². The number of hydrogen-bond acceptors (Lipinski definition) is 5. The molecule has 1 aliphatic heterocycles. The van der Waals surface area contributed by atoms with Gasteiger partial charge in [-0.2, -0.15) is 8.61 Å². The molecule has 1 aliphatic rings. The normalized spacial score (nSPS) is 17.0. The van der Waals surface area contributed by atoms with E-state index in [0.29, 0.717) is 5.82 Å². The largest absolute Gasteiger partial charge is 0.337 e. The lowest BCUT2D eigenvalue weighted by Crippen LogP contribution is -2.50. The first kappa shape index (κ1) is 20.0. The minimum atomic E-state index is -3.75. The van der Waals surface area contributed by atoms with Crippen LogP contribution in [-0.2, 0) is 27.1 Å². The third kappa shape index (κ3) is 3.57. The van der Waals surface area contributed by atoms with Crippen LogP contribution in [-0.4, -0.2) is 61.2 Å². The first-order valence-corrected chi connectivity index (χ1v) is 12.1. The molecule has 2 heterocycles. The van der Waals surface area contributed by atoms with Gasteiger partial charge in [-0.05, 0) is 29.8 Å². The van der Waals surface area contributed by atoms with Gasteiger partial charge in [0.2, 0.25) is 10.0 Å². The highest BCUT2D eigenvalue weighted by molar-refractivity contribution is 7.89. The van der Waals surface area contributed by atoms with E-state index in [9.17, 15) is 16.8 Å². The van der Waals surface area contributed by atoms with Crippen LogP contribution in [0.3, 0.4) is 0 Å². The molecule has 1 aromatic heterocycles. The van der Waals surface area contributed by atoms with E-state index in [4.69, 9.17) is 0 Å². The van der Waals surface area contributed by atoms with Crippen molar-refractivity contribution in [2.45, 2.75) is 16.8 Å². The molecule has 0 amide bonds. The van der Waals surface area contributed by atoms with E-state index in [1.165, 1.54) is 14.8 Å². The molecule has 3 aromatic rings. The molecule has 4 rings (SSSR count). The lowest BCUT2D eigenvalue weighted by molar-refractivity contribution is 0.272. The third-order valence-corrected chi connectivity index (χ3v) is 8.91. The van der Waals surface area contributed by atoms with Gasteiger partial charge in [-0.3, -0.25) is 0 Å². The van der Waals surface area contributed by atoms with Crippen LogP contribution in [0.5, 0.6) is 0 Å². The van der Waals surface area contributed by atoms with E-state index in [2.05, 4.69) is 4.98 Å². The summed E-state index contributed by atoms with van der Waals surface area (Å²) in [7, 11) is -5.71. The maximum atomic E-state index is 13.0. The van der Waals surface area contributed by atoms with Crippen molar-refractivity contribution >= 4 is 30.8 Å². The second-order valence-corrected chi connectivity index (χ2v) is 10.9. The highest BCUT2D eigenvalue weighted by atomic mass is 32.2. The van der Waals surface area contributed by atoms with Gasteiger partial charge in [-0.1, -0.05) is 30.3 Å². The van der Waals surface area contributed by atoms with E-state index < -0.39 is 20.0 Å². The molecule has 0 bridgehead atoms. The van der Waals surface area contributed by atoms with Crippen molar-refractivity contribution in [3.8, 4) is 0 Å². The van der Waals surface area contributed by atoms with Crippen LogP contribution >= 0.6 is 0 Å². The average molecular weight is 435 g/mol. The summed E-state index contributed by atoms with van der Waals surface area (Å²) in [5.41, 5.74) is 0. The van der Waals surface area contributed by atoms with E-state index in [0.717, 1.165) is 10.8 Å². The Morgan fingerprint density at radius 1 is 0.828 bits per heavy atom. The summed E-state index contributed by atoms with van der Waals surface area (Å²) < 4.78 is 56.0. The van der Waals surface area contributed by atoms with Gasteiger partial charge in [-0.15, -0.1) is 0 Å². The summed E-state index contributed by atoms with van der Waals surface area (Å²) in [5, 5.41) is 1.80. The number of nitrogens with zero attached hydrogens (tertiary/aromatic N) is 4. The summed E-state index contributed by atoms with van der Waals surface area (Å²) in [6, 6.07) is 12.6. The number of aromatic nitrogens is 2. The van der Waals surface area contributed by atoms with Gasteiger partial charge >= 0.3 is 0 Å². The quantitative estimate of drug-likeness (QED) is 0.622. The van der Waals surface area contributed by atoms with Gasteiger partial charge in [-0.25, -0.2) is 21.8 Å². The fraction of sp³-hybridized carbons (Fsp3) is 0.316. The molecular weight excluding hydrogens is 412 g/mol. The zero-order valence-corrected chi connectivity index (χ0v) is 17.8. The van der Waals surface area contributed by atoms with Crippen LogP contribution < -0.4 is 0 Å². The number of fused-ring (bicyclic) bond motifs is 1. The Morgan fingerprint density at radius 2 is 1.41 bits per heavy atom. The minimum absolute atomic E-state index is 0.0108. The van der Waals surface area contributed by atoms with E-state index in [1.807, 2.05) is 24.3 Å². The Bertz CT molecular complexity index is 1260. The number of aryl methyl sites for hydroxylation is 2. The first-order chi connectivity index (χ1) is 13.7. The van der Waals surface area contributed by atoms with Gasteiger partial charge in [0.1, 0.15) is 5.82 Å². The third-order valence-electron chi connectivity index (χ3n) is 5.25. The second-order valence-electron chi connectivity index (χ2n) is 7.05. The Hall–Kier alpha value is -2.27. The van der Waals surface area contributed by atoms with Crippen LogP contribution in [0.25, 0.3) is 10.8 Å². The molecule has 0 atom stereocenters. The minimum Gasteiger partial charge on any atom is -0.337 e. The van der Waals surface area contributed by atoms with Gasteiger partial charge < -0.3 is 4.57 Å². The number of benzene rings is 2. The molecule has 2 aromatic carbocycles. The molecule has 0 saturated carbocycles. The summed E-state index contributed by atoms with van der Waals surface area (Å²) in [5.74, 6) is 0.598. The second kappa shape index (κ2) is 7.21. The summed E-state index contributed by atoms with van der Waals surface area (Å²) in [6.07, 6.45) is 1.48. The zero-order valence-electron chi connectivity index (χ0n) is 16.2. The molecule has 0 aliphatic carbocycles. The van der Waals surface area contributed by atoms with Crippen molar-refractivity contribution in [2.24, 2.45) is 7.05 Å². The SMILES string of the molecule is Cc1nc(S(=O)(=O)N2CCN(S(=O)(=O)c3ccc4ccccc4c3)CC2)cn1C. The van der Waals surface area contributed by atoms with E-state index in [-0.39, 0.29) is 36.1 Å². The van der Waals surface area contributed by atoms with Gasteiger partial charge in [0.25, 0.3) is 10.0 Å². The molecule has 1 saturated heterocycles. The zero-order chi connectivity index (χ0) is 20.8. The number of piperazine rings is 1. The topological polar surface area (TPSA) is 92.6 Å². The van der Waals surface area contributed by atoms with Crippen LogP contribution in [0.1, 0.15) is 5.82 Å². The number of imidazole rings is 1. The molecular formula is C19H22N4O4S2. The summed E-state index contributed by atoms with van der Waals surface area (Å²) >= 11 is 0. The van der Waals surface area contributed by atoms with Crippen LogP contribution in [0.2, 0.25) is 0 Å². The lowest BCUT2D eigenvalue weighted by Gasteiger charge is -2.32. The molecule has 0 N–H and O–H groups in total. The predicted octanol–water partition coefficient (Wildman–Crippen LogP) is 1.58. The fourth-order valence-corrected chi connectivity index (χ4v) is 6.32. The Kier molecular flexibility index (Phi) is 4.97.